The molecule has 0 bridgehead atoms. The summed E-state index contributed by atoms with van der Waals surface area (Å²) in [7, 11) is -1.93. The standard InChI is InChI=1S/C56H48N2S/c1-55(2,3)39-27-30-48-45(34-39)46-35-40(56(4,5)6)28-31-49(46)57(48)41-29-32-50-47(36-41)44-23-16-26-53-54(44)58(50)51-24-13-14-25-52(51)59(53,42-20-11-8-12-21-42)43-22-15-19-38(33-43)37-17-9-7-10-18-37/h7-36H,1-6H3. The third-order valence-corrected chi connectivity index (χ3v) is 16.6. The molecule has 59 heavy (non-hydrogen) atoms. The fraction of sp³-hybridized carbons (Fsp3) is 0.143. The Labute approximate surface area is 348 Å². The molecular weight excluding hydrogens is 733 g/mol. The molecule has 2 nitrogen and oxygen atoms in total. The van der Waals surface area contributed by atoms with Crippen LogP contribution in [0.1, 0.15) is 52.7 Å². The minimum Gasteiger partial charge on any atom is -0.309 e. The maximum Gasteiger partial charge on any atom is 0.0671 e. The molecule has 0 N–H and O–H groups in total. The molecule has 0 spiro atoms. The van der Waals surface area contributed by atoms with Gasteiger partial charge >= 0.3 is 0 Å². The maximum atomic E-state index is 2.56. The Morgan fingerprint density at radius 1 is 0.373 bits per heavy atom. The summed E-state index contributed by atoms with van der Waals surface area (Å²) < 4.78 is 5.06. The van der Waals surface area contributed by atoms with Crippen molar-refractivity contribution in [2.24, 2.45) is 0 Å². The molecular formula is C56H48N2S. The van der Waals surface area contributed by atoms with E-state index in [1.807, 2.05) is 0 Å². The van der Waals surface area contributed by atoms with Gasteiger partial charge in [-0.1, -0.05) is 139 Å². The van der Waals surface area contributed by atoms with E-state index in [-0.39, 0.29) is 10.8 Å². The Balaban J connectivity index is 1.22. The number of aromatic nitrogens is 2. The van der Waals surface area contributed by atoms with Crippen LogP contribution in [0.3, 0.4) is 0 Å². The highest BCUT2D eigenvalue weighted by Crippen LogP contribution is 2.77. The van der Waals surface area contributed by atoms with Crippen molar-refractivity contribution in [1.29, 1.82) is 0 Å². The van der Waals surface area contributed by atoms with Gasteiger partial charge in [-0.25, -0.2) is 0 Å². The predicted octanol–water partition coefficient (Wildman–Crippen LogP) is 15.8. The summed E-state index contributed by atoms with van der Waals surface area (Å²) in [5.41, 5.74) is 12.7. The van der Waals surface area contributed by atoms with Gasteiger partial charge in [0.05, 0.1) is 27.8 Å². The van der Waals surface area contributed by atoms with Crippen LogP contribution in [0.15, 0.2) is 202 Å². The second-order valence-electron chi connectivity index (χ2n) is 18.3. The van der Waals surface area contributed by atoms with E-state index in [9.17, 15) is 0 Å². The molecule has 11 rings (SSSR count). The van der Waals surface area contributed by atoms with Gasteiger partial charge in [-0.2, -0.15) is 0 Å². The summed E-state index contributed by atoms with van der Waals surface area (Å²) >= 11 is 0. The van der Waals surface area contributed by atoms with Crippen molar-refractivity contribution in [3.05, 3.63) is 193 Å². The zero-order valence-electron chi connectivity index (χ0n) is 34.6. The number of nitrogens with zero attached hydrogens (tertiary/aromatic N) is 2. The lowest BCUT2D eigenvalue weighted by Gasteiger charge is -2.46. The molecule has 8 aromatic carbocycles. The Bertz CT molecular complexity index is 3210. The summed E-state index contributed by atoms with van der Waals surface area (Å²) in [6, 6.07) is 69.1. The highest BCUT2D eigenvalue weighted by molar-refractivity contribution is 8.34. The van der Waals surface area contributed by atoms with Gasteiger partial charge in [0, 0.05) is 46.8 Å². The summed E-state index contributed by atoms with van der Waals surface area (Å²) in [6.07, 6.45) is 0. The van der Waals surface area contributed by atoms with Gasteiger partial charge < -0.3 is 9.13 Å². The molecule has 288 valence electrons. The van der Waals surface area contributed by atoms with Gasteiger partial charge in [0.15, 0.2) is 0 Å². The first kappa shape index (κ1) is 35.8. The van der Waals surface area contributed by atoms with E-state index in [1.54, 1.807) is 0 Å². The first-order valence-corrected chi connectivity index (χ1v) is 22.5. The normalized spacial score (nSPS) is 16.4. The molecule has 0 aliphatic carbocycles. The van der Waals surface area contributed by atoms with Crippen LogP contribution in [0.5, 0.6) is 0 Å². The molecule has 2 aromatic heterocycles. The van der Waals surface area contributed by atoms with Crippen LogP contribution >= 0.6 is 10.0 Å². The topological polar surface area (TPSA) is 9.86 Å². The quantitative estimate of drug-likeness (QED) is 0.168. The Morgan fingerprint density at radius 2 is 0.898 bits per heavy atom. The van der Waals surface area contributed by atoms with Crippen molar-refractivity contribution >= 4 is 53.6 Å². The number of rotatable bonds is 4. The SMILES string of the molecule is CC(C)(C)c1ccc2c(c1)c1cc(C(C)(C)C)ccc1n2-c1ccc2c(c1)c1cccc3c1n2-c1ccccc1S3(c1ccccc1)c1cccc(-c2ccccc2)c1. The first-order chi connectivity index (χ1) is 28.5. The first-order valence-electron chi connectivity index (χ1n) is 20.8. The van der Waals surface area contributed by atoms with Crippen molar-refractivity contribution in [1.82, 2.24) is 9.13 Å². The van der Waals surface area contributed by atoms with Crippen LogP contribution in [0.25, 0.3) is 66.1 Å². The molecule has 1 unspecified atom stereocenters. The van der Waals surface area contributed by atoms with E-state index in [4.69, 9.17) is 0 Å². The van der Waals surface area contributed by atoms with Gasteiger partial charge in [-0.05, 0) is 118 Å². The number of hydrogen-bond acceptors (Lipinski definition) is 0. The van der Waals surface area contributed by atoms with Crippen molar-refractivity contribution in [2.75, 3.05) is 0 Å². The fourth-order valence-corrected chi connectivity index (χ4v) is 13.9. The molecule has 0 fully saturated rings. The van der Waals surface area contributed by atoms with E-state index in [1.165, 1.54) is 96.8 Å². The highest BCUT2D eigenvalue weighted by atomic mass is 32.3. The van der Waals surface area contributed by atoms with Crippen molar-refractivity contribution in [3.8, 4) is 22.5 Å². The minimum atomic E-state index is -1.93. The lowest BCUT2D eigenvalue weighted by Crippen LogP contribution is -2.14. The highest BCUT2D eigenvalue weighted by Gasteiger charge is 2.41. The van der Waals surface area contributed by atoms with Gasteiger partial charge in [-0.15, -0.1) is 10.0 Å². The third-order valence-electron chi connectivity index (χ3n) is 12.6. The smallest absolute Gasteiger partial charge is 0.0671 e. The lowest BCUT2D eigenvalue weighted by molar-refractivity contribution is 0.590. The zero-order valence-corrected chi connectivity index (χ0v) is 35.4. The Kier molecular flexibility index (Phi) is 7.81. The monoisotopic (exact) mass is 780 g/mol. The molecule has 3 heterocycles. The van der Waals surface area contributed by atoms with E-state index in [0.717, 1.165) is 0 Å². The third kappa shape index (κ3) is 5.27. The predicted molar refractivity (Wildman–Crippen MR) is 251 cm³/mol. The van der Waals surface area contributed by atoms with E-state index < -0.39 is 10.0 Å². The van der Waals surface area contributed by atoms with Crippen LogP contribution in [-0.2, 0) is 10.8 Å². The largest absolute Gasteiger partial charge is 0.309 e. The van der Waals surface area contributed by atoms with Gasteiger partial charge in [0.2, 0.25) is 0 Å². The van der Waals surface area contributed by atoms with Gasteiger partial charge in [0.1, 0.15) is 0 Å². The second kappa shape index (κ2) is 12.9. The van der Waals surface area contributed by atoms with E-state index in [2.05, 4.69) is 233 Å². The molecule has 10 aromatic rings. The molecule has 0 radical (unpaired) electrons. The van der Waals surface area contributed by atoms with Crippen LogP contribution in [-0.4, -0.2) is 9.13 Å². The molecule has 0 saturated carbocycles. The van der Waals surface area contributed by atoms with Crippen LogP contribution in [0.4, 0.5) is 0 Å². The average Bonchev–Trinajstić information content (AvgIpc) is 3.77. The maximum absolute atomic E-state index is 2.56. The summed E-state index contributed by atoms with van der Waals surface area (Å²) in [5, 5.41) is 5.17. The summed E-state index contributed by atoms with van der Waals surface area (Å²) in [4.78, 5) is 5.43. The summed E-state index contributed by atoms with van der Waals surface area (Å²) in [6.45, 7) is 13.9. The second-order valence-corrected chi connectivity index (χ2v) is 21.3. The minimum absolute atomic E-state index is 0.0467. The number of fused-ring (bicyclic) bond motifs is 8. The average molecular weight is 781 g/mol. The van der Waals surface area contributed by atoms with Gasteiger partial charge in [0.25, 0.3) is 0 Å². The van der Waals surface area contributed by atoms with E-state index >= 15 is 0 Å². The molecule has 1 aliphatic heterocycles. The zero-order chi connectivity index (χ0) is 40.3. The fourth-order valence-electron chi connectivity index (χ4n) is 9.68. The molecule has 1 aliphatic rings. The van der Waals surface area contributed by atoms with E-state index in [0.29, 0.717) is 0 Å². The molecule has 0 saturated heterocycles. The van der Waals surface area contributed by atoms with Gasteiger partial charge in [-0.3, -0.25) is 0 Å². The van der Waals surface area contributed by atoms with Crippen molar-refractivity contribution < 1.29 is 0 Å². The van der Waals surface area contributed by atoms with Crippen LogP contribution in [0, 0.1) is 0 Å². The summed E-state index contributed by atoms with van der Waals surface area (Å²) in [5.74, 6) is 0. The Hall–Kier alpha value is -6.29. The lowest BCUT2D eigenvalue weighted by atomic mass is 9.85. The van der Waals surface area contributed by atoms with Crippen molar-refractivity contribution in [3.63, 3.8) is 0 Å². The molecule has 1 atom stereocenters. The molecule has 3 heteroatoms. The molecule has 0 amide bonds. The van der Waals surface area contributed by atoms with Crippen molar-refractivity contribution in [2.45, 2.75) is 72.0 Å². The van der Waals surface area contributed by atoms with Crippen LogP contribution < -0.4 is 0 Å². The number of benzene rings is 8. The number of para-hydroxylation sites is 2. The van der Waals surface area contributed by atoms with Crippen LogP contribution in [0.2, 0.25) is 0 Å². The Morgan fingerprint density at radius 3 is 1.58 bits per heavy atom. The number of hydrogen-bond donors (Lipinski definition) is 0.